The molecule has 1 aliphatic carbocycles. The molecular weight excluding hydrogens is 288 g/mol. The second kappa shape index (κ2) is 9.66. The topological polar surface area (TPSA) is 38.8 Å². The molecule has 0 aromatic heterocycles. The van der Waals surface area contributed by atoms with Crippen molar-refractivity contribution in [2.75, 3.05) is 6.61 Å². The van der Waals surface area contributed by atoms with E-state index in [2.05, 4.69) is 13.8 Å². The van der Waals surface area contributed by atoms with Gasteiger partial charge in [0.05, 0.1) is 24.2 Å². The lowest BCUT2D eigenvalue weighted by molar-refractivity contribution is -0.149. The van der Waals surface area contributed by atoms with Gasteiger partial charge in [-0.3, -0.25) is 4.79 Å². The Labute approximate surface area is 142 Å². The van der Waals surface area contributed by atoms with Crippen molar-refractivity contribution < 1.29 is 14.3 Å². The number of unbranched alkanes of at least 4 members (excludes halogenated alkanes) is 9. The smallest absolute Gasteiger partial charge is 0.309 e. The summed E-state index contributed by atoms with van der Waals surface area (Å²) in [5, 5.41) is 0. The molecule has 0 N–H and O–H groups in total. The molecule has 2 fully saturated rings. The van der Waals surface area contributed by atoms with Crippen molar-refractivity contribution in [3.05, 3.63) is 0 Å². The van der Waals surface area contributed by atoms with Crippen LogP contribution in [0, 0.1) is 5.92 Å². The van der Waals surface area contributed by atoms with Crippen molar-refractivity contribution >= 4 is 5.97 Å². The number of hydrogen-bond donors (Lipinski definition) is 0. The van der Waals surface area contributed by atoms with E-state index < -0.39 is 0 Å². The summed E-state index contributed by atoms with van der Waals surface area (Å²) >= 11 is 0. The van der Waals surface area contributed by atoms with Crippen molar-refractivity contribution in [3.63, 3.8) is 0 Å². The summed E-state index contributed by atoms with van der Waals surface area (Å²) in [4.78, 5) is 12.0. The first-order valence-corrected chi connectivity index (χ1v) is 10.00. The number of hydrogen-bond acceptors (Lipinski definition) is 3. The molecule has 0 radical (unpaired) electrons. The van der Waals surface area contributed by atoms with Gasteiger partial charge in [-0.05, 0) is 32.6 Å². The zero-order valence-electron chi connectivity index (χ0n) is 15.3. The maximum absolute atomic E-state index is 12.0. The summed E-state index contributed by atoms with van der Waals surface area (Å²) in [6.45, 7) is 5.02. The molecule has 1 saturated heterocycles. The summed E-state index contributed by atoms with van der Waals surface area (Å²) in [6, 6.07) is 0. The predicted molar refractivity (Wildman–Crippen MR) is 93.4 cm³/mol. The normalized spacial score (nSPS) is 29.1. The molecule has 0 bridgehead atoms. The minimum Gasteiger partial charge on any atom is -0.465 e. The molecule has 3 heteroatoms. The van der Waals surface area contributed by atoms with E-state index in [0.29, 0.717) is 12.7 Å². The average Bonchev–Trinajstić information content (AvgIpc) is 3.22. The van der Waals surface area contributed by atoms with Crippen LogP contribution >= 0.6 is 0 Å². The minimum atomic E-state index is 0.0125. The van der Waals surface area contributed by atoms with Gasteiger partial charge in [0.15, 0.2) is 0 Å². The SMILES string of the molecule is CCCCCCCCCCCCOC(=O)C1CCC2(C)OC2C1. The molecule has 3 atom stereocenters. The summed E-state index contributed by atoms with van der Waals surface area (Å²) in [6.07, 6.45) is 16.2. The van der Waals surface area contributed by atoms with Gasteiger partial charge in [-0.2, -0.15) is 0 Å². The Bertz CT molecular complexity index is 355. The zero-order chi connectivity index (χ0) is 16.5. The number of rotatable bonds is 12. The second-order valence-corrected chi connectivity index (χ2v) is 7.74. The van der Waals surface area contributed by atoms with Crippen molar-refractivity contribution in [2.24, 2.45) is 5.92 Å². The van der Waals surface area contributed by atoms with E-state index in [1.165, 1.54) is 57.8 Å². The summed E-state index contributed by atoms with van der Waals surface area (Å²) in [7, 11) is 0. The van der Waals surface area contributed by atoms with Gasteiger partial charge in [-0.25, -0.2) is 0 Å². The molecular formula is C20H36O3. The van der Waals surface area contributed by atoms with Crippen LogP contribution in [0.25, 0.3) is 0 Å². The highest BCUT2D eigenvalue weighted by Gasteiger charge is 2.56. The van der Waals surface area contributed by atoms with Crippen molar-refractivity contribution in [2.45, 2.75) is 109 Å². The summed E-state index contributed by atoms with van der Waals surface area (Å²) in [5.74, 6) is 0.0946. The average molecular weight is 325 g/mol. The Hall–Kier alpha value is -0.570. The Morgan fingerprint density at radius 3 is 2.26 bits per heavy atom. The Morgan fingerprint density at radius 1 is 1.04 bits per heavy atom. The van der Waals surface area contributed by atoms with Gasteiger partial charge in [0.25, 0.3) is 0 Å². The third-order valence-corrected chi connectivity index (χ3v) is 5.60. The monoisotopic (exact) mass is 324 g/mol. The van der Waals surface area contributed by atoms with Gasteiger partial charge >= 0.3 is 5.97 Å². The van der Waals surface area contributed by atoms with Crippen LogP contribution in [0.2, 0.25) is 0 Å². The van der Waals surface area contributed by atoms with Crippen molar-refractivity contribution in [1.82, 2.24) is 0 Å². The van der Waals surface area contributed by atoms with E-state index in [1.807, 2.05) is 0 Å². The van der Waals surface area contributed by atoms with E-state index in [-0.39, 0.29) is 17.5 Å². The second-order valence-electron chi connectivity index (χ2n) is 7.74. The lowest BCUT2D eigenvalue weighted by Crippen LogP contribution is -2.28. The first-order chi connectivity index (χ1) is 11.2. The van der Waals surface area contributed by atoms with Crippen LogP contribution in [0.15, 0.2) is 0 Å². The molecule has 134 valence electrons. The molecule has 0 spiro atoms. The Balaban J connectivity index is 1.37. The van der Waals surface area contributed by atoms with Crippen LogP contribution in [0.3, 0.4) is 0 Å². The van der Waals surface area contributed by atoms with Gasteiger partial charge in [-0.15, -0.1) is 0 Å². The van der Waals surface area contributed by atoms with Gasteiger partial charge in [0.2, 0.25) is 0 Å². The zero-order valence-corrected chi connectivity index (χ0v) is 15.3. The molecule has 0 aromatic carbocycles. The number of fused-ring (bicyclic) bond motifs is 1. The Morgan fingerprint density at radius 2 is 1.65 bits per heavy atom. The molecule has 2 aliphatic rings. The van der Waals surface area contributed by atoms with Crippen molar-refractivity contribution in [1.29, 1.82) is 0 Å². The molecule has 0 aromatic rings. The number of ether oxygens (including phenoxy) is 2. The molecule has 2 rings (SSSR count). The molecule has 1 saturated carbocycles. The highest BCUT2D eigenvalue weighted by atomic mass is 16.6. The van der Waals surface area contributed by atoms with E-state index in [1.54, 1.807) is 0 Å². The van der Waals surface area contributed by atoms with Gasteiger partial charge in [0.1, 0.15) is 0 Å². The lowest BCUT2D eigenvalue weighted by Gasteiger charge is -2.20. The third kappa shape index (κ3) is 6.45. The number of carbonyl (C=O) groups excluding carboxylic acids is 1. The van der Waals surface area contributed by atoms with Crippen LogP contribution in [-0.4, -0.2) is 24.3 Å². The van der Waals surface area contributed by atoms with Crippen LogP contribution in [0.5, 0.6) is 0 Å². The molecule has 1 heterocycles. The molecule has 3 unspecified atom stereocenters. The van der Waals surface area contributed by atoms with Crippen LogP contribution in [0.4, 0.5) is 0 Å². The fourth-order valence-corrected chi connectivity index (χ4v) is 3.74. The number of carbonyl (C=O) groups is 1. The maximum atomic E-state index is 12.0. The van der Waals surface area contributed by atoms with Crippen LogP contribution in [-0.2, 0) is 14.3 Å². The quantitative estimate of drug-likeness (QED) is 0.274. The molecule has 3 nitrogen and oxygen atoms in total. The molecule has 0 amide bonds. The highest BCUT2D eigenvalue weighted by molar-refractivity contribution is 5.72. The predicted octanol–water partition coefficient (Wildman–Crippen LogP) is 5.41. The van der Waals surface area contributed by atoms with E-state index in [0.717, 1.165) is 25.7 Å². The highest BCUT2D eigenvalue weighted by Crippen LogP contribution is 2.49. The lowest BCUT2D eigenvalue weighted by atomic mass is 9.83. The number of esters is 1. The fraction of sp³-hybridized carbons (Fsp3) is 0.950. The standard InChI is InChI=1S/C20H36O3/c1-3-4-5-6-7-8-9-10-11-12-15-22-19(21)17-13-14-20(2)18(16-17)23-20/h17-18H,3-16H2,1-2H3. The first-order valence-electron chi connectivity index (χ1n) is 10.00. The van der Waals surface area contributed by atoms with Gasteiger partial charge < -0.3 is 9.47 Å². The maximum Gasteiger partial charge on any atom is 0.309 e. The van der Waals surface area contributed by atoms with Gasteiger partial charge in [0, 0.05) is 0 Å². The third-order valence-electron chi connectivity index (χ3n) is 5.60. The number of epoxide rings is 1. The summed E-state index contributed by atoms with van der Waals surface area (Å²) in [5.41, 5.74) is 0.0906. The van der Waals surface area contributed by atoms with Crippen molar-refractivity contribution in [3.8, 4) is 0 Å². The first kappa shape index (κ1) is 18.8. The Kier molecular flexibility index (Phi) is 7.88. The minimum absolute atomic E-state index is 0.0125. The molecule has 1 aliphatic heterocycles. The summed E-state index contributed by atoms with van der Waals surface area (Å²) < 4.78 is 11.1. The van der Waals surface area contributed by atoms with E-state index in [4.69, 9.17) is 9.47 Å². The molecule has 23 heavy (non-hydrogen) atoms. The van der Waals surface area contributed by atoms with E-state index >= 15 is 0 Å². The van der Waals surface area contributed by atoms with Crippen LogP contribution < -0.4 is 0 Å². The van der Waals surface area contributed by atoms with Gasteiger partial charge in [-0.1, -0.05) is 64.7 Å². The van der Waals surface area contributed by atoms with Crippen LogP contribution in [0.1, 0.15) is 97.3 Å². The fourth-order valence-electron chi connectivity index (χ4n) is 3.74. The van der Waals surface area contributed by atoms with E-state index in [9.17, 15) is 4.79 Å². The largest absolute Gasteiger partial charge is 0.465 e.